The zero-order valence-electron chi connectivity index (χ0n) is 16.0. The second kappa shape index (κ2) is 7.82. The van der Waals surface area contributed by atoms with E-state index in [0.717, 1.165) is 43.4 Å². The maximum atomic E-state index is 6.37. The minimum Gasteiger partial charge on any atom is -0.261 e. The third-order valence-electron chi connectivity index (χ3n) is 4.78. The second-order valence-corrected chi connectivity index (χ2v) is 8.07. The van der Waals surface area contributed by atoms with E-state index in [1.54, 1.807) is 23.9 Å². The van der Waals surface area contributed by atoms with Gasteiger partial charge in [-0.1, -0.05) is 54.1 Å². The molecule has 0 aliphatic rings. The van der Waals surface area contributed by atoms with Crippen molar-refractivity contribution >= 4 is 56.1 Å². The van der Waals surface area contributed by atoms with E-state index < -0.39 is 0 Å². The van der Waals surface area contributed by atoms with Crippen LogP contribution in [0.25, 0.3) is 32.2 Å². The molecule has 0 aliphatic carbocycles. The number of halogens is 1. The molecule has 30 heavy (non-hydrogen) atoms. The van der Waals surface area contributed by atoms with Gasteiger partial charge in [-0.25, -0.2) is 15.0 Å². The molecule has 0 saturated carbocycles. The molecule has 0 spiro atoms. The quantitative estimate of drug-likeness (QED) is 0.206. The lowest BCUT2D eigenvalue weighted by Crippen LogP contribution is -1.96. The third kappa shape index (κ3) is 3.51. The smallest absolute Gasteiger partial charge is 0.159 e. The van der Waals surface area contributed by atoms with Crippen LogP contribution in [0.1, 0.15) is 11.1 Å². The summed E-state index contributed by atoms with van der Waals surface area (Å²) in [6.45, 7) is 2.03. The Balaban J connectivity index is 1.49. The molecule has 146 valence electrons. The molecule has 0 unspecified atom stereocenters. The number of hydrazone groups is 1. The Bertz CT molecular complexity index is 1400. The number of hydrogen-bond acceptors (Lipinski definition) is 6. The Kier molecular flexibility index (Phi) is 4.86. The molecule has 1 N–H and O–H groups in total. The summed E-state index contributed by atoms with van der Waals surface area (Å²) < 4.78 is 0. The van der Waals surface area contributed by atoms with E-state index >= 15 is 0 Å². The third-order valence-corrected chi connectivity index (χ3v) is 5.97. The summed E-state index contributed by atoms with van der Waals surface area (Å²) in [5.74, 6) is 0.650. The monoisotopic (exact) mass is 429 g/mol. The Labute approximate surface area is 182 Å². The van der Waals surface area contributed by atoms with Gasteiger partial charge < -0.3 is 0 Å². The first kappa shape index (κ1) is 18.7. The van der Waals surface area contributed by atoms with Crippen LogP contribution in [0, 0.1) is 6.92 Å². The highest BCUT2D eigenvalue weighted by Gasteiger charge is 2.12. The van der Waals surface area contributed by atoms with Crippen molar-refractivity contribution in [1.29, 1.82) is 0 Å². The van der Waals surface area contributed by atoms with Crippen LogP contribution >= 0.6 is 22.9 Å². The fourth-order valence-electron chi connectivity index (χ4n) is 3.31. The SMILES string of the molecule is Cc1ccc2cc(/C=N\Nc3ncnc4scc(-c5ccccc5)c34)c(Cl)nc2c1. The highest BCUT2D eigenvalue weighted by molar-refractivity contribution is 7.17. The average molecular weight is 430 g/mol. The van der Waals surface area contributed by atoms with Gasteiger partial charge >= 0.3 is 0 Å². The molecule has 0 bridgehead atoms. The summed E-state index contributed by atoms with van der Waals surface area (Å²) in [7, 11) is 0. The van der Waals surface area contributed by atoms with Gasteiger partial charge in [0.05, 0.1) is 17.1 Å². The first-order chi connectivity index (χ1) is 14.7. The molecule has 2 aromatic carbocycles. The lowest BCUT2D eigenvalue weighted by atomic mass is 10.1. The lowest BCUT2D eigenvalue weighted by Gasteiger charge is -2.05. The van der Waals surface area contributed by atoms with Crippen LogP contribution in [0.5, 0.6) is 0 Å². The molecule has 0 fully saturated rings. The summed E-state index contributed by atoms with van der Waals surface area (Å²) in [5, 5.41) is 8.84. The molecule has 0 saturated heterocycles. The second-order valence-electron chi connectivity index (χ2n) is 6.85. The van der Waals surface area contributed by atoms with Crippen molar-refractivity contribution in [2.45, 2.75) is 6.92 Å². The van der Waals surface area contributed by atoms with Crippen LogP contribution in [-0.2, 0) is 0 Å². The van der Waals surface area contributed by atoms with Crippen LogP contribution in [0.2, 0.25) is 5.15 Å². The Morgan fingerprint density at radius 3 is 2.80 bits per heavy atom. The van der Waals surface area contributed by atoms with Crippen molar-refractivity contribution in [2.24, 2.45) is 5.10 Å². The Hall–Kier alpha value is -3.35. The summed E-state index contributed by atoms with van der Waals surface area (Å²) >= 11 is 7.95. The number of pyridine rings is 1. The van der Waals surface area contributed by atoms with Crippen LogP contribution in [0.15, 0.2) is 71.4 Å². The van der Waals surface area contributed by atoms with Gasteiger partial charge in [0.25, 0.3) is 0 Å². The molecule has 5 nitrogen and oxygen atoms in total. The molecular formula is C23H16ClN5S. The first-order valence-corrected chi connectivity index (χ1v) is 10.6. The van der Waals surface area contributed by atoms with E-state index in [1.165, 1.54) is 0 Å². The number of aryl methyl sites for hydroxylation is 1. The number of thiophene rings is 1. The first-order valence-electron chi connectivity index (χ1n) is 9.32. The number of anilines is 1. The number of benzene rings is 2. The zero-order valence-corrected chi connectivity index (χ0v) is 17.6. The average Bonchev–Trinajstić information content (AvgIpc) is 3.20. The van der Waals surface area contributed by atoms with Gasteiger partial charge in [-0.05, 0) is 30.2 Å². The molecule has 0 aliphatic heterocycles. The summed E-state index contributed by atoms with van der Waals surface area (Å²) in [6, 6.07) is 18.3. The molecule has 0 amide bonds. The molecular weight excluding hydrogens is 414 g/mol. The van der Waals surface area contributed by atoms with Crippen molar-refractivity contribution in [2.75, 3.05) is 5.43 Å². The van der Waals surface area contributed by atoms with Crippen LogP contribution in [0.3, 0.4) is 0 Å². The van der Waals surface area contributed by atoms with E-state index in [4.69, 9.17) is 11.6 Å². The van der Waals surface area contributed by atoms with Crippen LogP contribution in [0.4, 0.5) is 5.82 Å². The lowest BCUT2D eigenvalue weighted by molar-refractivity contribution is 1.19. The van der Waals surface area contributed by atoms with Crippen molar-refractivity contribution in [3.63, 3.8) is 0 Å². The molecule has 5 rings (SSSR count). The minimum absolute atomic E-state index is 0.409. The van der Waals surface area contributed by atoms with Gasteiger partial charge in [0, 0.05) is 21.9 Å². The van der Waals surface area contributed by atoms with E-state index in [0.29, 0.717) is 11.0 Å². The fourth-order valence-corrected chi connectivity index (χ4v) is 4.42. The predicted molar refractivity (Wildman–Crippen MR) is 126 cm³/mol. The molecule has 0 radical (unpaired) electrons. The topological polar surface area (TPSA) is 63.1 Å². The highest BCUT2D eigenvalue weighted by Crippen LogP contribution is 2.36. The van der Waals surface area contributed by atoms with E-state index in [-0.39, 0.29) is 0 Å². The van der Waals surface area contributed by atoms with Gasteiger partial charge in [-0.3, -0.25) is 5.43 Å². The van der Waals surface area contributed by atoms with E-state index in [1.807, 2.05) is 43.3 Å². The number of rotatable bonds is 4. The van der Waals surface area contributed by atoms with Crippen molar-refractivity contribution in [3.05, 3.63) is 82.6 Å². The van der Waals surface area contributed by atoms with Gasteiger partial charge in [0.2, 0.25) is 0 Å². The predicted octanol–water partition coefficient (Wildman–Crippen LogP) is 6.31. The van der Waals surface area contributed by atoms with Gasteiger partial charge in [0.1, 0.15) is 16.3 Å². The van der Waals surface area contributed by atoms with Gasteiger partial charge in [-0.2, -0.15) is 5.10 Å². The van der Waals surface area contributed by atoms with E-state index in [2.05, 4.69) is 49.1 Å². The number of nitrogens with zero attached hydrogens (tertiary/aromatic N) is 4. The zero-order chi connectivity index (χ0) is 20.5. The minimum atomic E-state index is 0.409. The van der Waals surface area contributed by atoms with Crippen LogP contribution < -0.4 is 5.43 Å². The largest absolute Gasteiger partial charge is 0.261 e. The highest BCUT2D eigenvalue weighted by atomic mass is 35.5. The summed E-state index contributed by atoms with van der Waals surface area (Å²) in [4.78, 5) is 14.2. The van der Waals surface area contributed by atoms with Crippen molar-refractivity contribution in [3.8, 4) is 11.1 Å². The normalized spacial score (nSPS) is 11.5. The standard InChI is InChI=1S/C23H16ClN5S/c1-14-7-8-16-10-17(21(24)28-19(16)9-14)11-27-29-22-20-18(15-5-3-2-4-6-15)12-30-23(20)26-13-25-22/h2-13H,1H3,(H,25,26,29)/b27-11-. The molecule has 3 heterocycles. The van der Waals surface area contributed by atoms with Crippen molar-refractivity contribution < 1.29 is 0 Å². The fraction of sp³-hybridized carbons (Fsp3) is 0.0435. The summed E-state index contributed by atoms with van der Waals surface area (Å²) in [5.41, 5.74) is 8.00. The Morgan fingerprint density at radius 2 is 1.93 bits per heavy atom. The van der Waals surface area contributed by atoms with Crippen molar-refractivity contribution in [1.82, 2.24) is 15.0 Å². The maximum Gasteiger partial charge on any atom is 0.159 e. The van der Waals surface area contributed by atoms with Gasteiger partial charge in [0.15, 0.2) is 5.82 Å². The Morgan fingerprint density at radius 1 is 1.07 bits per heavy atom. The number of hydrogen-bond donors (Lipinski definition) is 1. The summed E-state index contributed by atoms with van der Waals surface area (Å²) in [6.07, 6.45) is 3.20. The molecule has 7 heteroatoms. The molecule has 0 atom stereocenters. The number of nitrogens with one attached hydrogen (secondary N) is 1. The molecule has 5 aromatic rings. The van der Waals surface area contributed by atoms with Gasteiger partial charge in [-0.15, -0.1) is 11.3 Å². The number of fused-ring (bicyclic) bond motifs is 2. The van der Waals surface area contributed by atoms with Crippen LogP contribution in [-0.4, -0.2) is 21.2 Å². The maximum absolute atomic E-state index is 6.37. The number of aromatic nitrogens is 3. The van der Waals surface area contributed by atoms with E-state index in [9.17, 15) is 0 Å². The molecule has 3 aromatic heterocycles.